The number of sulfonamides is 1. The fraction of sp³-hybridized carbons (Fsp3) is 0.632. The van der Waals surface area contributed by atoms with Crippen molar-refractivity contribution in [1.82, 2.24) is 14.1 Å². The Morgan fingerprint density at radius 2 is 1.78 bits per heavy atom. The Balaban J connectivity index is 1.55. The molecule has 1 atom stereocenters. The molecule has 2 fully saturated rings. The van der Waals surface area contributed by atoms with Crippen molar-refractivity contribution >= 4 is 15.9 Å². The second kappa shape index (κ2) is 8.58. The summed E-state index contributed by atoms with van der Waals surface area (Å²) in [6.07, 6.45) is 2.37. The number of nitrogens with zero attached hydrogens (tertiary/aromatic N) is 3. The Morgan fingerprint density at radius 1 is 1.11 bits per heavy atom. The molecule has 8 heteroatoms. The second-order valence-electron chi connectivity index (χ2n) is 7.44. The topological polar surface area (TPSA) is 70.2 Å². The van der Waals surface area contributed by atoms with Gasteiger partial charge in [0.15, 0.2) is 0 Å². The molecule has 27 heavy (non-hydrogen) atoms. The number of piperidine rings is 1. The number of amides is 1. The highest BCUT2D eigenvalue weighted by molar-refractivity contribution is 7.89. The molecule has 2 aliphatic heterocycles. The summed E-state index contributed by atoms with van der Waals surface area (Å²) < 4.78 is 32.1. The summed E-state index contributed by atoms with van der Waals surface area (Å²) in [4.78, 5) is 16.8. The summed E-state index contributed by atoms with van der Waals surface area (Å²) in [7, 11) is -2.00. The third kappa shape index (κ3) is 4.80. The molecule has 0 aromatic heterocycles. The lowest BCUT2D eigenvalue weighted by Crippen LogP contribution is -2.53. The van der Waals surface area contributed by atoms with Crippen molar-refractivity contribution in [3.05, 3.63) is 24.3 Å². The third-order valence-corrected chi connectivity index (χ3v) is 7.30. The lowest BCUT2D eigenvalue weighted by molar-refractivity contribution is -0.134. The third-order valence-electron chi connectivity index (χ3n) is 5.39. The highest BCUT2D eigenvalue weighted by atomic mass is 32.2. The van der Waals surface area contributed by atoms with Crippen molar-refractivity contribution in [3.8, 4) is 5.75 Å². The van der Waals surface area contributed by atoms with E-state index in [9.17, 15) is 13.2 Å². The molecule has 3 rings (SSSR count). The molecule has 1 aromatic carbocycles. The molecule has 0 spiro atoms. The quantitative estimate of drug-likeness (QED) is 0.751. The summed E-state index contributed by atoms with van der Waals surface area (Å²) in [5, 5.41) is 0. The normalized spacial score (nSPS) is 22.6. The van der Waals surface area contributed by atoms with E-state index >= 15 is 0 Å². The standard InChI is InChI=1S/C19H29N3O4S/c1-16-4-3-9-20(14-16)15-19(23)21-10-12-22(13-11-21)27(24,25)18-7-5-17(26-2)6-8-18/h5-8,16H,3-4,9-15H2,1-2H3/t16-/m1/s1. The van der Waals surface area contributed by atoms with Gasteiger partial charge >= 0.3 is 0 Å². The van der Waals surface area contributed by atoms with E-state index in [0.29, 0.717) is 44.4 Å². The zero-order valence-corrected chi connectivity index (χ0v) is 17.0. The van der Waals surface area contributed by atoms with E-state index in [2.05, 4.69) is 11.8 Å². The van der Waals surface area contributed by atoms with E-state index in [0.717, 1.165) is 19.5 Å². The average molecular weight is 396 g/mol. The Bertz CT molecular complexity index is 743. The summed E-state index contributed by atoms with van der Waals surface area (Å²) in [6, 6.07) is 6.41. The smallest absolute Gasteiger partial charge is 0.243 e. The van der Waals surface area contributed by atoms with Gasteiger partial charge in [0.25, 0.3) is 0 Å². The van der Waals surface area contributed by atoms with Gasteiger partial charge in [0.1, 0.15) is 5.75 Å². The number of likely N-dealkylation sites (tertiary alicyclic amines) is 1. The van der Waals surface area contributed by atoms with Crippen LogP contribution in [0.3, 0.4) is 0 Å². The SMILES string of the molecule is COc1ccc(S(=O)(=O)N2CCN(C(=O)CN3CCC[C@@H](C)C3)CC2)cc1. The van der Waals surface area contributed by atoms with Crippen molar-refractivity contribution < 1.29 is 17.9 Å². The fourth-order valence-electron chi connectivity index (χ4n) is 3.80. The molecular weight excluding hydrogens is 366 g/mol. The van der Waals surface area contributed by atoms with Gasteiger partial charge < -0.3 is 9.64 Å². The predicted octanol–water partition coefficient (Wildman–Crippen LogP) is 1.26. The van der Waals surface area contributed by atoms with Crippen LogP contribution in [0.1, 0.15) is 19.8 Å². The first-order valence-electron chi connectivity index (χ1n) is 9.54. The molecule has 0 unspecified atom stereocenters. The van der Waals surface area contributed by atoms with Crippen LogP contribution in [-0.4, -0.2) is 81.4 Å². The molecule has 2 heterocycles. The zero-order chi connectivity index (χ0) is 19.4. The number of hydrogen-bond donors (Lipinski definition) is 0. The second-order valence-corrected chi connectivity index (χ2v) is 9.38. The van der Waals surface area contributed by atoms with Gasteiger partial charge in [-0.3, -0.25) is 9.69 Å². The van der Waals surface area contributed by atoms with Crippen LogP contribution in [-0.2, 0) is 14.8 Å². The molecule has 0 radical (unpaired) electrons. The monoisotopic (exact) mass is 395 g/mol. The van der Waals surface area contributed by atoms with Crippen molar-refractivity contribution in [1.29, 1.82) is 0 Å². The largest absolute Gasteiger partial charge is 0.497 e. The van der Waals surface area contributed by atoms with Crippen molar-refractivity contribution in [2.24, 2.45) is 5.92 Å². The molecule has 2 saturated heterocycles. The molecule has 1 aromatic rings. The Labute approximate surface area is 161 Å². The van der Waals surface area contributed by atoms with Gasteiger partial charge in [-0.15, -0.1) is 0 Å². The number of piperazine rings is 1. The van der Waals surface area contributed by atoms with Crippen LogP contribution in [0.5, 0.6) is 5.75 Å². The van der Waals surface area contributed by atoms with Crippen LogP contribution in [0.2, 0.25) is 0 Å². The zero-order valence-electron chi connectivity index (χ0n) is 16.1. The lowest BCUT2D eigenvalue weighted by Gasteiger charge is -2.36. The molecule has 0 aliphatic carbocycles. The molecule has 1 amide bonds. The van der Waals surface area contributed by atoms with Crippen LogP contribution in [0.15, 0.2) is 29.2 Å². The van der Waals surface area contributed by atoms with Crippen molar-refractivity contribution in [2.45, 2.75) is 24.7 Å². The number of hydrogen-bond acceptors (Lipinski definition) is 5. The van der Waals surface area contributed by atoms with E-state index in [4.69, 9.17) is 4.74 Å². The maximum Gasteiger partial charge on any atom is 0.243 e. The molecule has 0 N–H and O–H groups in total. The number of carbonyl (C=O) groups is 1. The number of methoxy groups -OCH3 is 1. The lowest BCUT2D eigenvalue weighted by atomic mass is 10.0. The summed E-state index contributed by atoms with van der Waals surface area (Å²) in [5.74, 6) is 1.36. The number of ether oxygens (including phenoxy) is 1. The Morgan fingerprint density at radius 3 is 2.37 bits per heavy atom. The van der Waals surface area contributed by atoms with Gasteiger partial charge in [-0.05, 0) is 49.6 Å². The van der Waals surface area contributed by atoms with E-state index in [-0.39, 0.29) is 10.8 Å². The van der Waals surface area contributed by atoms with Crippen LogP contribution >= 0.6 is 0 Å². The Kier molecular flexibility index (Phi) is 6.39. The van der Waals surface area contributed by atoms with Gasteiger partial charge in [-0.1, -0.05) is 6.92 Å². The minimum absolute atomic E-state index is 0.102. The van der Waals surface area contributed by atoms with Crippen molar-refractivity contribution in [2.75, 3.05) is 52.9 Å². The summed E-state index contributed by atoms with van der Waals surface area (Å²) in [5.41, 5.74) is 0. The number of rotatable bonds is 5. The molecule has 0 saturated carbocycles. The first-order chi connectivity index (χ1) is 12.9. The number of benzene rings is 1. The molecule has 150 valence electrons. The van der Waals surface area contributed by atoms with E-state index in [1.807, 2.05) is 0 Å². The van der Waals surface area contributed by atoms with Gasteiger partial charge in [0, 0.05) is 32.7 Å². The number of carbonyl (C=O) groups excluding carboxylic acids is 1. The first kappa shape index (κ1) is 20.1. The van der Waals surface area contributed by atoms with Gasteiger partial charge in [-0.2, -0.15) is 4.31 Å². The maximum atomic E-state index is 12.8. The van der Waals surface area contributed by atoms with E-state index in [1.165, 1.54) is 10.7 Å². The predicted molar refractivity (Wildman–Crippen MR) is 103 cm³/mol. The fourth-order valence-corrected chi connectivity index (χ4v) is 5.22. The maximum absolute atomic E-state index is 12.8. The van der Waals surface area contributed by atoms with Crippen LogP contribution in [0.25, 0.3) is 0 Å². The van der Waals surface area contributed by atoms with Crippen LogP contribution in [0, 0.1) is 5.92 Å². The van der Waals surface area contributed by atoms with Gasteiger partial charge in [0.05, 0.1) is 18.6 Å². The van der Waals surface area contributed by atoms with E-state index in [1.54, 1.807) is 36.3 Å². The van der Waals surface area contributed by atoms with Crippen molar-refractivity contribution in [3.63, 3.8) is 0 Å². The van der Waals surface area contributed by atoms with Crippen LogP contribution in [0.4, 0.5) is 0 Å². The van der Waals surface area contributed by atoms with Crippen LogP contribution < -0.4 is 4.74 Å². The molecule has 7 nitrogen and oxygen atoms in total. The highest BCUT2D eigenvalue weighted by Gasteiger charge is 2.31. The molecular formula is C19H29N3O4S. The average Bonchev–Trinajstić information content (AvgIpc) is 2.68. The highest BCUT2D eigenvalue weighted by Crippen LogP contribution is 2.21. The van der Waals surface area contributed by atoms with Gasteiger partial charge in [-0.25, -0.2) is 8.42 Å². The summed E-state index contributed by atoms with van der Waals surface area (Å²) in [6.45, 7) is 6.15. The molecule has 0 bridgehead atoms. The summed E-state index contributed by atoms with van der Waals surface area (Å²) >= 11 is 0. The Hall–Kier alpha value is -1.64. The minimum atomic E-state index is -3.54. The molecule has 2 aliphatic rings. The van der Waals surface area contributed by atoms with E-state index < -0.39 is 10.0 Å². The van der Waals surface area contributed by atoms with Gasteiger partial charge in [0.2, 0.25) is 15.9 Å². The minimum Gasteiger partial charge on any atom is -0.497 e. The first-order valence-corrected chi connectivity index (χ1v) is 11.0.